The maximum absolute atomic E-state index is 13.7. The minimum absolute atomic E-state index is 0.0472. The Morgan fingerprint density at radius 3 is 2.67 bits per heavy atom. The van der Waals surface area contributed by atoms with Crippen LogP contribution in [0, 0.1) is 5.92 Å². The van der Waals surface area contributed by atoms with Gasteiger partial charge >= 0.3 is 11.9 Å². The summed E-state index contributed by atoms with van der Waals surface area (Å²) in [6.07, 6.45) is 1.50. The number of nitrogens with one attached hydrogen (secondary N) is 3. The van der Waals surface area contributed by atoms with Crippen LogP contribution in [0.2, 0.25) is 0 Å². The van der Waals surface area contributed by atoms with Crippen LogP contribution in [0.5, 0.6) is 0 Å². The van der Waals surface area contributed by atoms with Gasteiger partial charge in [-0.3, -0.25) is 19.3 Å². The molecule has 190 valence electrons. The van der Waals surface area contributed by atoms with Gasteiger partial charge in [0.15, 0.2) is 0 Å². The van der Waals surface area contributed by atoms with Crippen molar-refractivity contribution in [1.82, 2.24) is 30.1 Å². The maximum atomic E-state index is 13.7. The topological polar surface area (TPSA) is 90.5 Å². The molecule has 0 bridgehead atoms. The highest BCUT2D eigenvalue weighted by molar-refractivity contribution is 5.57. The van der Waals surface area contributed by atoms with Crippen molar-refractivity contribution >= 4 is 5.52 Å². The molecule has 36 heavy (non-hydrogen) atoms. The molecule has 3 N–H and O–H groups in total. The van der Waals surface area contributed by atoms with Crippen molar-refractivity contribution in [2.24, 2.45) is 16.3 Å². The summed E-state index contributed by atoms with van der Waals surface area (Å²) in [5.74, 6) is 0.590. The molecule has 3 atom stereocenters. The maximum Gasteiger partial charge on any atom is 0.418 e. The molecule has 0 radical (unpaired) electrons. The van der Waals surface area contributed by atoms with Crippen molar-refractivity contribution in [3.63, 3.8) is 0 Å². The Balaban J connectivity index is 1.52. The molecule has 2 fully saturated rings. The van der Waals surface area contributed by atoms with E-state index in [-0.39, 0.29) is 23.6 Å². The Hall–Kier alpha value is -3.22. The van der Waals surface area contributed by atoms with Crippen LogP contribution in [0.1, 0.15) is 47.9 Å². The van der Waals surface area contributed by atoms with E-state index in [4.69, 9.17) is 0 Å². The number of halogens is 3. The van der Waals surface area contributed by atoms with Gasteiger partial charge in [-0.25, -0.2) is 15.6 Å². The van der Waals surface area contributed by atoms with Gasteiger partial charge in [-0.2, -0.15) is 18.3 Å². The Morgan fingerprint density at radius 1 is 1.19 bits per heavy atom. The second kappa shape index (κ2) is 8.71. The normalized spacial score (nSPS) is 23.8. The number of likely N-dealkylation sites (N-methyl/N-ethyl adjacent to an activating group) is 1. The molecule has 2 aromatic heterocycles. The van der Waals surface area contributed by atoms with Gasteiger partial charge in [0.1, 0.15) is 0 Å². The van der Waals surface area contributed by atoms with Gasteiger partial charge in [0.25, 0.3) is 0 Å². The van der Waals surface area contributed by atoms with E-state index in [0.717, 1.165) is 34.4 Å². The molecule has 2 unspecified atom stereocenters. The summed E-state index contributed by atoms with van der Waals surface area (Å²) in [5, 5.41) is 7.95. The van der Waals surface area contributed by atoms with Crippen LogP contribution in [-0.2, 0) is 6.18 Å². The third-order valence-corrected chi connectivity index (χ3v) is 7.63. The fraction of sp³-hybridized carbons (Fsp3) is 0.458. The number of imidazole rings is 1. The fourth-order valence-corrected chi connectivity index (χ4v) is 5.54. The van der Waals surface area contributed by atoms with Crippen LogP contribution in [0.3, 0.4) is 0 Å². The predicted molar refractivity (Wildman–Crippen MR) is 126 cm³/mol. The number of pyridine rings is 1. The highest BCUT2D eigenvalue weighted by Crippen LogP contribution is 2.43. The average Bonchev–Trinajstić information content (AvgIpc) is 3.56. The Kier molecular flexibility index (Phi) is 5.61. The van der Waals surface area contributed by atoms with Gasteiger partial charge < -0.3 is 0 Å². The molecule has 6 rings (SSSR count). The molecule has 1 saturated carbocycles. The monoisotopic (exact) mass is 500 g/mol. The first-order valence-corrected chi connectivity index (χ1v) is 12.1. The van der Waals surface area contributed by atoms with E-state index < -0.39 is 17.4 Å². The Bertz CT molecular complexity index is 1370. The lowest BCUT2D eigenvalue weighted by Gasteiger charge is -2.40. The highest BCUT2D eigenvalue weighted by atomic mass is 19.4. The Labute approximate surface area is 204 Å². The van der Waals surface area contributed by atoms with E-state index in [1.807, 2.05) is 19.2 Å². The van der Waals surface area contributed by atoms with E-state index in [1.54, 1.807) is 0 Å². The van der Waals surface area contributed by atoms with Crippen LogP contribution in [0.25, 0.3) is 11.2 Å². The van der Waals surface area contributed by atoms with Gasteiger partial charge in [0.05, 0.1) is 42.2 Å². The van der Waals surface area contributed by atoms with Gasteiger partial charge in [-0.15, -0.1) is 0 Å². The van der Waals surface area contributed by atoms with Crippen LogP contribution < -0.4 is 22.0 Å². The summed E-state index contributed by atoms with van der Waals surface area (Å²) in [6, 6.07) is 7.97. The summed E-state index contributed by atoms with van der Waals surface area (Å²) < 4.78 is 43.4. The molecule has 0 spiro atoms. The van der Waals surface area contributed by atoms with Crippen LogP contribution >= 0.6 is 0 Å². The highest BCUT2D eigenvalue weighted by Gasteiger charge is 2.39. The van der Waals surface area contributed by atoms with Gasteiger partial charge in [-0.05, 0) is 61.2 Å². The first kappa shape index (κ1) is 23.2. The van der Waals surface area contributed by atoms with Crippen molar-refractivity contribution in [3.8, 4) is 5.69 Å². The van der Waals surface area contributed by atoms with Crippen LogP contribution in [0.15, 0.2) is 57.9 Å². The summed E-state index contributed by atoms with van der Waals surface area (Å²) in [4.78, 5) is 15.5. The number of fused-ring (bicyclic) bond motifs is 1. The molecular formula is C24H27F3N8O. The number of hydrogen-bond donors (Lipinski definition) is 3. The molecule has 9 nitrogen and oxygen atoms in total. The zero-order valence-corrected chi connectivity index (χ0v) is 19.7. The quantitative estimate of drug-likeness (QED) is 0.500. The second-order valence-corrected chi connectivity index (χ2v) is 9.82. The van der Waals surface area contributed by atoms with Crippen LogP contribution in [0.4, 0.5) is 13.2 Å². The van der Waals surface area contributed by atoms with Crippen molar-refractivity contribution in [1.29, 1.82) is 0 Å². The van der Waals surface area contributed by atoms with Gasteiger partial charge in [-0.1, -0.05) is 17.7 Å². The standard InChI is InChI=1S/C24H27F3N8O/c1-33-13-29-31-22(33)21(14-4-2-5-14)16-8-15(19-11-28-32-30-19)9-17(10-16)35-12-20-18(24(25,26)27)6-3-7-34(20)23(35)36/h3,6-10,12,14,19,21-22,29,31H,2,4-5,11,13H2,1H3,(H,28,30)/t19?,21-,22?/m1/s1. The molecule has 1 saturated heterocycles. The third-order valence-electron chi connectivity index (χ3n) is 7.63. The fourth-order valence-electron chi connectivity index (χ4n) is 5.54. The lowest BCUT2D eigenvalue weighted by molar-refractivity contribution is -0.136. The minimum Gasteiger partial charge on any atom is -0.282 e. The summed E-state index contributed by atoms with van der Waals surface area (Å²) >= 11 is 0. The number of hydrazine groups is 1. The molecule has 12 heteroatoms. The van der Waals surface area contributed by atoms with Gasteiger partial charge in [0, 0.05) is 18.3 Å². The minimum atomic E-state index is -4.57. The second-order valence-electron chi connectivity index (χ2n) is 9.82. The van der Waals surface area contributed by atoms with E-state index in [2.05, 4.69) is 37.6 Å². The third kappa shape index (κ3) is 3.89. The van der Waals surface area contributed by atoms with E-state index in [0.29, 0.717) is 24.8 Å². The molecule has 3 aliphatic rings. The van der Waals surface area contributed by atoms with Crippen molar-refractivity contribution < 1.29 is 13.2 Å². The SMILES string of the molecule is CN1CNNC1[C@@H](c1cc(C2CN=NN2)cc(-n2cc3c(C(F)(F)F)cccn3c2=O)c1)C1CCC1. The van der Waals surface area contributed by atoms with Crippen molar-refractivity contribution in [2.45, 2.75) is 43.6 Å². The number of hydrogen-bond acceptors (Lipinski definition) is 7. The zero-order valence-electron chi connectivity index (χ0n) is 19.7. The smallest absolute Gasteiger partial charge is 0.282 e. The van der Waals surface area contributed by atoms with E-state index in [9.17, 15) is 18.0 Å². The molecule has 1 aliphatic carbocycles. The number of benzene rings is 1. The lowest BCUT2D eigenvalue weighted by Crippen LogP contribution is -2.44. The summed E-state index contributed by atoms with van der Waals surface area (Å²) in [5.41, 5.74) is 10.5. The van der Waals surface area contributed by atoms with Crippen molar-refractivity contribution in [3.05, 3.63) is 69.9 Å². The molecule has 0 amide bonds. The molecule has 3 aromatic rings. The van der Waals surface area contributed by atoms with E-state index >= 15 is 0 Å². The lowest BCUT2D eigenvalue weighted by atomic mass is 9.71. The molecule has 1 aromatic carbocycles. The Morgan fingerprint density at radius 2 is 2.03 bits per heavy atom. The summed E-state index contributed by atoms with van der Waals surface area (Å²) in [6.45, 7) is 1.15. The number of nitrogens with zero attached hydrogens (tertiary/aromatic N) is 5. The van der Waals surface area contributed by atoms with Gasteiger partial charge in [0.2, 0.25) is 0 Å². The number of aromatic nitrogens is 2. The van der Waals surface area contributed by atoms with Crippen LogP contribution in [-0.4, -0.2) is 40.3 Å². The number of rotatable bonds is 5. The molecule has 2 aliphatic heterocycles. The largest absolute Gasteiger partial charge is 0.418 e. The predicted octanol–water partition coefficient (Wildman–Crippen LogP) is 3.33. The molecular weight excluding hydrogens is 473 g/mol. The van der Waals surface area contributed by atoms with E-state index in [1.165, 1.54) is 29.4 Å². The zero-order chi connectivity index (χ0) is 25.0. The first-order valence-electron chi connectivity index (χ1n) is 12.1. The summed E-state index contributed by atoms with van der Waals surface area (Å²) in [7, 11) is 2.05. The average molecular weight is 501 g/mol. The van der Waals surface area contributed by atoms with Crippen molar-refractivity contribution in [2.75, 3.05) is 20.3 Å². The molecule has 4 heterocycles. The first-order chi connectivity index (χ1) is 17.3. The number of alkyl halides is 3.